The van der Waals surface area contributed by atoms with Crippen LogP contribution in [0.15, 0.2) is 97.2 Å². The third-order valence-electron chi connectivity index (χ3n) is 11.5. The van der Waals surface area contributed by atoms with Crippen LogP contribution in [0.3, 0.4) is 0 Å². The maximum Gasteiger partial charge on any atom is 0.306 e. The minimum atomic E-state index is -1.55. The van der Waals surface area contributed by atoms with E-state index in [0.29, 0.717) is 13.0 Å². The van der Waals surface area contributed by atoms with Crippen molar-refractivity contribution >= 4 is 5.97 Å². The van der Waals surface area contributed by atoms with Crippen molar-refractivity contribution in [3.8, 4) is 0 Å². The van der Waals surface area contributed by atoms with Crippen LogP contribution in [0.5, 0.6) is 0 Å². The van der Waals surface area contributed by atoms with Gasteiger partial charge in [0.05, 0.1) is 19.8 Å². The lowest BCUT2D eigenvalue weighted by Gasteiger charge is -2.39. The van der Waals surface area contributed by atoms with Gasteiger partial charge in [-0.3, -0.25) is 4.79 Å². The van der Waals surface area contributed by atoms with Gasteiger partial charge < -0.3 is 39.4 Å². The molecule has 6 unspecified atom stereocenters. The Labute approximate surface area is 402 Å². The molecule has 0 aromatic rings. The highest BCUT2D eigenvalue weighted by Gasteiger charge is 2.44. The predicted molar refractivity (Wildman–Crippen MR) is 274 cm³/mol. The molecule has 9 heteroatoms. The van der Waals surface area contributed by atoms with Gasteiger partial charge in [0.15, 0.2) is 6.29 Å². The maximum atomic E-state index is 12.8. The van der Waals surface area contributed by atoms with Gasteiger partial charge in [-0.15, -0.1) is 0 Å². The Hall–Kier alpha value is -2.89. The summed E-state index contributed by atoms with van der Waals surface area (Å²) >= 11 is 0. The molecule has 6 atom stereocenters. The van der Waals surface area contributed by atoms with Crippen LogP contribution < -0.4 is 0 Å². The quantitative estimate of drug-likeness (QED) is 0.0268. The Morgan fingerprint density at radius 1 is 0.500 bits per heavy atom. The Morgan fingerprint density at radius 2 is 0.924 bits per heavy atom. The summed E-state index contributed by atoms with van der Waals surface area (Å²) in [4.78, 5) is 12.8. The van der Waals surface area contributed by atoms with Crippen LogP contribution in [0.1, 0.15) is 194 Å². The van der Waals surface area contributed by atoms with E-state index in [1.807, 2.05) is 0 Å². The Morgan fingerprint density at radius 3 is 1.39 bits per heavy atom. The zero-order valence-electron chi connectivity index (χ0n) is 41.7. The van der Waals surface area contributed by atoms with Gasteiger partial charge in [0.25, 0.3) is 0 Å². The summed E-state index contributed by atoms with van der Waals surface area (Å²) in [6, 6.07) is 0. The van der Waals surface area contributed by atoms with Crippen LogP contribution in [-0.2, 0) is 23.7 Å². The number of unbranched alkanes of at least 4 members (excludes halogenated alkanes) is 17. The first-order valence-electron chi connectivity index (χ1n) is 26.3. The molecule has 0 spiro atoms. The van der Waals surface area contributed by atoms with Crippen LogP contribution in [0.4, 0.5) is 0 Å². The Kier molecular flexibility index (Phi) is 43.7. The van der Waals surface area contributed by atoms with Gasteiger partial charge in [0.2, 0.25) is 0 Å². The first kappa shape index (κ1) is 61.1. The van der Waals surface area contributed by atoms with Gasteiger partial charge >= 0.3 is 5.97 Å². The molecule has 1 heterocycles. The van der Waals surface area contributed by atoms with E-state index in [0.717, 1.165) is 83.5 Å². The van der Waals surface area contributed by atoms with Crippen molar-refractivity contribution in [1.29, 1.82) is 0 Å². The van der Waals surface area contributed by atoms with E-state index in [-0.39, 0.29) is 25.6 Å². The highest BCUT2D eigenvalue weighted by molar-refractivity contribution is 5.69. The molecular formula is C57H96O9. The largest absolute Gasteiger partial charge is 0.457 e. The molecule has 4 N–H and O–H groups in total. The summed E-state index contributed by atoms with van der Waals surface area (Å²) in [5.74, 6) is -0.349. The second-order valence-electron chi connectivity index (χ2n) is 17.6. The van der Waals surface area contributed by atoms with Gasteiger partial charge in [-0.1, -0.05) is 188 Å². The average molecular weight is 925 g/mol. The number of rotatable bonds is 44. The summed E-state index contributed by atoms with van der Waals surface area (Å²) in [5.41, 5.74) is 0. The smallest absolute Gasteiger partial charge is 0.306 e. The van der Waals surface area contributed by atoms with E-state index in [4.69, 9.17) is 18.9 Å². The fourth-order valence-corrected chi connectivity index (χ4v) is 7.41. The summed E-state index contributed by atoms with van der Waals surface area (Å²) in [6.07, 6.45) is 58.7. The van der Waals surface area contributed by atoms with Crippen molar-refractivity contribution in [2.45, 2.75) is 230 Å². The molecule has 0 radical (unpaired) electrons. The number of aliphatic hydroxyl groups excluding tert-OH is 4. The van der Waals surface area contributed by atoms with E-state index in [9.17, 15) is 25.2 Å². The molecule has 0 bridgehead atoms. The molecule has 0 aliphatic carbocycles. The Bertz CT molecular complexity index is 1330. The summed E-state index contributed by atoms with van der Waals surface area (Å²) in [5, 5.41) is 40.3. The molecule has 0 aromatic carbocycles. The molecule has 0 amide bonds. The maximum absolute atomic E-state index is 12.8. The van der Waals surface area contributed by atoms with Gasteiger partial charge in [0.1, 0.15) is 30.5 Å². The van der Waals surface area contributed by atoms with Crippen molar-refractivity contribution in [2.24, 2.45) is 0 Å². The predicted octanol–water partition coefficient (Wildman–Crippen LogP) is 13.1. The number of hydrogen-bond acceptors (Lipinski definition) is 9. The molecule has 1 fully saturated rings. The average Bonchev–Trinajstić information content (AvgIpc) is 3.32. The lowest BCUT2D eigenvalue weighted by Crippen LogP contribution is -2.59. The molecule has 1 rings (SSSR count). The molecule has 9 nitrogen and oxygen atoms in total. The van der Waals surface area contributed by atoms with Gasteiger partial charge in [-0.2, -0.15) is 0 Å². The molecule has 1 aliphatic heterocycles. The summed E-state index contributed by atoms with van der Waals surface area (Å²) in [6.45, 7) is 4.37. The molecular weight excluding hydrogens is 829 g/mol. The van der Waals surface area contributed by atoms with Crippen LogP contribution in [0.25, 0.3) is 0 Å². The van der Waals surface area contributed by atoms with Crippen molar-refractivity contribution in [3.05, 3.63) is 97.2 Å². The minimum Gasteiger partial charge on any atom is -0.457 e. The number of aliphatic hydroxyl groups is 4. The van der Waals surface area contributed by atoms with Crippen LogP contribution in [0.2, 0.25) is 0 Å². The minimum absolute atomic E-state index is 0.121. The van der Waals surface area contributed by atoms with Crippen molar-refractivity contribution in [2.75, 3.05) is 26.4 Å². The number of carbonyl (C=O) groups excluding carboxylic acids is 1. The lowest BCUT2D eigenvalue weighted by atomic mass is 9.99. The highest BCUT2D eigenvalue weighted by Crippen LogP contribution is 2.22. The third kappa shape index (κ3) is 37.1. The molecule has 1 aliphatic rings. The summed E-state index contributed by atoms with van der Waals surface area (Å²) < 4.78 is 22.9. The standard InChI is InChI=1S/C57H96O9/c1-3-5-7-9-11-13-15-17-19-21-23-24-25-26-27-29-31-33-35-37-39-41-43-45-47-63-49-51(50-64-57-56(62)55(61)54(60)52(48-58)66-57)65-53(59)46-44-42-40-38-36-34-32-30-28-22-20-18-16-14-12-10-8-6-4-2/h6,8,12,14-15,17-18,20-21,23,25-26,28,30,34,36,51-52,54-58,60-62H,3-5,7,9-11,13,16,19,22,24,27,29,31-33,35,37-50H2,1-2H3/b8-6-,14-12-,17-15-,20-18-,23-21-,26-25-,30-28-,36-34-. The molecule has 66 heavy (non-hydrogen) atoms. The first-order chi connectivity index (χ1) is 32.4. The highest BCUT2D eigenvalue weighted by atomic mass is 16.7. The molecule has 378 valence electrons. The number of ether oxygens (including phenoxy) is 4. The summed E-state index contributed by atoms with van der Waals surface area (Å²) in [7, 11) is 0. The zero-order chi connectivity index (χ0) is 47.8. The van der Waals surface area contributed by atoms with Crippen molar-refractivity contribution < 1.29 is 44.2 Å². The van der Waals surface area contributed by atoms with Gasteiger partial charge in [-0.05, 0) is 96.3 Å². The van der Waals surface area contributed by atoms with Crippen molar-refractivity contribution in [3.63, 3.8) is 0 Å². The zero-order valence-corrected chi connectivity index (χ0v) is 41.7. The second-order valence-corrected chi connectivity index (χ2v) is 17.6. The fourth-order valence-electron chi connectivity index (χ4n) is 7.41. The van der Waals surface area contributed by atoms with E-state index < -0.39 is 43.4 Å². The van der Waals surface area contributed by atoms with E-state index >= 15 is 0 Å². The number of carbonyl (C=O) groups is 1. The number of hydrogen-bond donors (Lipinski definition) is 4. The van der Waals surface area contributed by atoms with Crippen LogP contribution in [0, 0.1) is 0 Å². The van der Waals surface area contributed by atoms with Gasteiger partial charge in [0, 0.05) is 13.0 Å². The van der Waals surface area contributed by atoms with E-state index in [2.05, 4.69) is 111 Å². The van der Waals surface area contributed by atoms with Gasteiger partial charge in [-0.25, -0.2) is 0 Å². The molecule has 1 saturated heterocycles. The van der Waals surface area contributed by atoms with Crippen LogP contribution in [-0.4, -0.2) is 89.6 Å². The SMILES string of the molecule is CC/C=C\C/C=C\C/C=C\C/C=C\C/C=C\CCCCCC(=O)OC(COCCCCCCCCCCC/C=C\C/C=C\C/C=C\CCCCCCC)COC1OC(CO)C(O)C(O)C1O. The van der Waals surface area contributed by atoms with E-state index in [1.165, 1.54) is 83.5 Å². The molecule has 0 aromatic heterocycles. The van der Waals surface area contributed by atoms with Crippen molar-refractivity contribution in [1.82, 2.24) is 0 Å². The van der Waals surface area contributed by atoms with Crippen LogP contribution >= 0.6 is 0 Å². The Balaban J connectivity index is 2.24. The lowest BCUT2D eigenvalue weighted by molar-refractivity contribution is -0.305. The fraction of sp³-hybridized carbons (Fsp3) is 0.702. The first-order valence-corrected chi connectivity index (χ1v) is 26.3. The normalized spacial score (nSPS) is 20.1. The van der Waals surface area contributed by atoms with E-state index in [1.54, 1.807) is 0 Å². The second kappa shape index (κ2) is 47.2. The molecule has 0 saturated carbocycles. The monoisotopic (exact) mass is 925 g/mol. The third-order valence-corrected chi connectivity index (χ3v) is 11.5. The topological polar surface area (TPSA) is 135 Å². The number of esters is 1. The number of allylic oxidation sites excluding steroid dienone is 16.